The Morgan fingerprint density at radius 2 is 0.913 bits per heavy atom. The molecule has 0 atom stereocenters. The normalized spacial score (nSPS) is 14.3. The van der Waals surface area contributed by atoms with E-state index in [0.29, 0.717) is 0 Å². The van der Waals surface area contributed by atoms with Crippen molar-refractivity contribution >= 4 is 6.98 Å². The van der Waals surface area contributed by atoms with Crippen LogP contribution in [0.25, 0.3) is 0 Å². The molecule has 0 aliphatic heterocycles. The number of rotatable bonds is 6. The number of hydrogen-bond donors (Lipinski definition) is 0. The van der Waals surface area contributed by atoms with Crippen LogP contribution < -0.4 is 0 Å². The fourth-order valence-electron chi connectivity index (χ4n) is 1.74. The van der Waals surface area contributed by atoms with Crippen molar-refractivity contribution in [3.63, 3.8) is 0 Å². The van der Waals surface area contributed by atoms with Crippen molar-refractivity contribution in [2.75, 3.05) is 26.2 Å². The molecule has 0 radical (unpaired) electrons. The van der Waals surface area contributed by atoms with Crippen LogP contribution in [0.1, 0.15) is 27.7 Å². The van der Waals surface area contributed by atoms with Crippen molar-refractivity contribution in [2.45, 2.75) is 45.6 Å². The monoisotopic (exact) mass is 367 g/mol. The number of quaternary nitrogens is 1. The van der Waals surface area contributed by atoms with Crippen molar-refractivity contribution in [1.29, 1.82) is 0 Å². The van der Waals surface area contributed by atoms with E-state index in [9.17, 15) is 43.7 Å². The highest BCUT2D eigenvalue weighted by Gasteiger charge is 2.78. The summed E-state index contributed by atoms with van der Waals surface area (Å²) in [6.45, 7) is 6.60. The number of halogens is 10. The lowest BCUT2D eigenvalue weighted by molar-refractivity contribution is -0.921. The quantitative estimate of drug-likeness (QED) is 0.349. The molecule has 0 unspecified atom stereocenters. The minimum absolute atomic E-state index is 1.28. The molecular weight excluding hydrogens is 347 g/mol. The topological polar surface area (TPSA) is 0 Å². The zero-order valence-corrected chi connectivity index (χ0v) is 13.1. The molecule has 0 amide bonds. The maximum atomic E-state index is 11.6. The molecule has 0 spiro atoms. The van der Waals surface area contributed by atoms with Gasteiger partial charge in [-0.1, -0.05) is 0 Å². The van der Waals surface area contributed by atoms with Gasteiger partial charge in [0, 0.05) is 0 Å². The second kappa shape index (κ2) is 7.93. The summed E-state index contributed by atoms with van der Waals surface area (Å²) in [7, 11) is 0. The lowest BCUT2D eigenvalue weighted by Gasteiger charge is -2.34. The largest absolute Gasteiger partial charge is 0.555 e. The fraction of sp³-hybridized carbons (Fsp3) is 1.00. The highest BCUT2D eigenvalue weighted by Crippen LogP contribution is 2.51. The van der Waals surface area contributed by atoms with Gasteiger partial charge in [-0.2, -0.15) is 22.0 Å². The van der Waals surface area contributed by atoms with Crippen molar-refractivity contribution in [3.05, 3.63) is 0 Å². The van der Waals surface area contributed by atoms with E-state index in [0.717, 1.165) is 0 Å². The third-order valence-electron chi connectivity index (χ3n) is 3.87. The highest BCUT2D eigenvalue weighted by molar-refractivity contribution is 6.61. The van der Waals surface area contributed by atoms with E-state index in [-0.39, 0.29) is 0 Å². The molecule has 0 N–H and O–H groups in total. The predicted octanol–water partition coefficient (Wildman–Crippen LogP) is 5.09. The summed E-state index contributed by atoms with van der Waals surface area (Å²) in [5, 5.41) is 0. The molecule has 0 saturated heterocycles. The summed E-state index contributed by atoms with van der Waals surface area (Å²) >= 11 is 0. The third-order valence-corrected chi connectivity index (χ3v) is 3.87. The van der Waals surface area contributed by atoms with Crippen LogP contribution >= 0.6 is 0 Å². The van der Waals surface area contributed by atoms with Crippen LogP contribution in [0, 0.1) is 0 Å². The van der Waals surface area contributed by atoms with Gasteiger partial charge in [-0.05, 0) is 27.7 Å². The Balaban J connectivity index is 0. The second-order valence-corrected chi connectivity index (χ2v) is 4.88. The molecule has 12 heteroatoms. The van der Waals surface area contributed by atoms with Crippen LogP contribution in [0.3, 0.4) is 0 Å². The Hall–Kier alpha value is -0.675. The molecule has 0 saturated carbocycles. The molecule has 0 aliphatic rings. The van der Waals surface area contributed by atoms with Crippen LogP contribution in [0.5, 0.6) is 0 Å². The number of nitrogens with zero attached hydrogens (tertiary/aromatic N) is 1. The number of hydrogen-bond acceptors (Lipinski definition) is 0. The highest BCUT2D eigenvalue weighted by atomic mass is 19.4. The minimum Gasteiger partial charge on any atom is -0.445 e. The minimum atomic E-state index is -7.63. The molecule has 0 aromatic rings. The summed E-state index contributed by atoms with van der Waals surface area (Å²) in [5.41, 5.74) is 0. The summed E-state index contributed by atoms with van der Waals surface area (Å²) < 4.78 is 115. The van der Waals surface area contributed by atoms with Gasteiger partial charge in [-0.15, -0.1) is 0 Å². The average Bonchev–Trinajstić information content (AvgIpc) is 2.40. The van der Waals surface area contributed by atoms with Gasteiger partial charge in [0.05, 0.1) is 26.2 Å². The first kappa shape index (κ1) is 24.6. The second-order valence-electron chi connectivity index (χ2n) is 4.88. The first-order valence-electron chi connectivity index (χ1n) is 6.86. The average molecular weight is 367 g/mol. The molecule has 0 fully saturated rings. The molecule has 0 aromatic heterocycles. The van der Waals surface area contributed by atoms with Gasteiger partial charge in [-0.25, -0.2) is 8.78 Å². The lowest BCUT2D eigenvalue weighted by Crippen LogP contribution is -2.62. The Labute approximate surface area is 128 Å². The maximum absolute atomic E-state index is 11.6. The van der Waals surface area contributed by atoms with E-state index in [1.807, 2.05) is 0 Å². The molecular formula is C11H20BF10N. The fourth-order valence-corrected chi connectivity index (χ4v) is 1.74. The Bertz CT molecular complexity index is 304. The van der Waals surface area contributed by atoms with Crippen molar-refractivity contribution in [1.82, 2.24) is 0 Å². The molecule has 1 nitrogen and oxygen atoms in total. The van der Waals surface area contributed by atoms with Gasteiger partial charge >= 0.3 is 19.1 Å². The van der Waals surface area contributed by atoms with Gasteiger partial charge in [0.15, 0.2) is 0 Å². The molecule has 0 bridgehead atoms. The van der Waals surface area contributed by atoms with Crippen molar-refractivity contribution in [3.8, 4) is 0 Å². The van der Waals surface area contributed by atoms with Crippen LogP contribution in [0.15, 0.2) is 0 Å². The maximum Gasteiger partial charge on any atom is 0.555 e. The Kier molecular flexibility index (Phi) is 8.48. The standard InChI is InChI=1S/C8H20N.C3BF10/c1-5-9(6-2,7-3)8-4;5-1(6,3(9,10)11)2(7,8)4(12,13)14/h5-8H2,1-4H3;/q+1;-1. The molecule has 23 heavy (non-hydrogen) atoms. The zero-order valence-electron chi connectivity index (χ0n) is 13.1. The van der Waals surface area contributed by atoms with E-state index < -0.39 is 24.9 Å². The van der Waals surface area contributed by atoms with Gasteiger partial charge in [0.25, 0.3) is 5.82 Å². The van der Waals surface area contributed by atoms with Gasteiger partial charge in [-0.3, -0.25) is 0 Å². The molecule has 0 rings (SSSR count). The van der Waals surface area contributed by atoms with Gasteiger partial charge in [0.1, 0.15) is 0 Å². The van der Waals surface area contributed by atoms with Gasteiger partial charge < -0.3 is 17.4 Å². The summed E-state index contributed by atoms with van der Waals surface area (Å²) in [6, 6.07) is 0. The van der Waals surface area contributed by atoms with Crippen LogP contribution in [0.4, 0.5) is 43.7 Å². The molecule has 142 valence electrons. The molecule has 0 aliphatic carbocycles. The smallest absolute Gasteiger partial charge is 0.445 e. The third kappa shape index (κ3) is 5.42. The van der Waals surface area contributed by atoms with E-state index >= 15 is 0 Å². The Morgan fingerprint density at radius 1 is 0.652 bits per heavy atom. The van der Waals surface area contributed by atoms with Gasteiger partial charge in [0.2, 0.25) is 0 Å². The van der Waals surface area contributed by atoms with Crippen molar-refractivity contribution < 1.29 is 48.2 Å². The van der Waals surface area contributed by atoms with E-state index in [2.05, 4.69) is 27.7 Å². The van der Waals surface area contributed by atoms with Crippen LogP contribution in [0.2, 0.25) is 0 Å². The van der Waals surface area contributed by atoms with Crippen LogP contribution in [-0.4, -0.2) is 55.6 Å². The summed E-state index contributed by atoms with van der Waals surface area (Å²) in [6.07, 6.45) is -6.95. The number of alkyl halides is 7. The summed E-state index contributed by atoms with van der Waals surface area (Å²) in [5.74, 6) is -14.2. The molecule has 0 aromatic carbocycles. The SMILES string of the molecule is CC[N+](CC)(CC)CC.F[B-](F)(F)C(F)(F)C(F)(F)C(F)(F)F. The summed E-state index contributed by atoms with van der Waals surface area (Å²) in [4.78, 5) is 0. The van der Waals surface area contributed by atoms with E-state index in [1.165, 1.54) is 30.7 Å². The first-order valence-corrected chi connectivity index (χ1v) is 6.86. The van der Waals surface area contributed by atoms with E-state index in [1.54, 1.807) is 0 Å². The van der Waals surface area contributed by atoms with Crippen LogP contribution in [-0.2, 0) is 0 Å². The van der Waals surface area contributed by atoms with Crippen molar-refractivity contribution in [2.24, 2.45) is 0 Å². The lowest BCUT2D eigenvalue weighted by atomic mass is 9.76. The Morgan fingerprint density at radius 3 is 0.957 bits per heavy atom. The van der Waals surface area contributed by atoms with E-state index in [4.69, 9.17) is 0 Å². The first-order chi connectivity index (χ1) is 9.99. The predicted molar refractivity (Wildman–Crippen MR) is 67.5 cm³/mol. The molecule has 0 heterocycles. The zero-order chi connectivity index (χ0) is 19.3.